The van der Waals surface area contributed by atoms with Gasteiger partial charge >= 0.3 is 6.09 Å². The number of ether oxygens (including phenoxy) is 1. The van der Waals surface area contributed by atoms with Gasteiger partial charge in [-0.3, -0.25) is 0 Å². The monoisotopic (exact) mass is 332 g/mol. The van der Waals surface area contributed by atoms with Crippen molar-refractivity contribution in [2.75, 3.05) is 26.7 Å². The van der Waals surface area contributed by atoms with Crippen LogP contribution in [0.3, 0.4) is 0 Å². The molecule has 0 atom stereocenters. The highest BCUT2D eigenvalue weighted by Crippen LogP contribution is 2.22. The molecular formula is C13H20N2O4S2. The summed E-state index contributed by atoms with van der Waals surface area (Å²) in [6.45, 7) is 3.51. The van der Waals surface area contributed by atoms with Crippen LogP contribution < -0.4 is 4.72 Å². The SMILES string of the molecule is COC(=O)N1CCC(CNS(=O)(=O)c2ccc(C)s2)CC1. The summed E-state index contributed by atoms with van der Waals surface area (Å²) in [7, 11) is -2.04. The first kappa shape index (κ1) is 16.3. The number of rotatable bonds is 4. The molecule has 1 saturated heterocycles. The second-order valence-corrected chi connectivity index (χ2v) is 8.40. The van der Waals surface area contributed by atoms with E-state index in [1.54, 1.807) is 17.0 Å². The third kappa shape index (κ3) is 4.18. The Bertz CT molecular complexity index is 589. The van der Waals surface area contributed by atoms with Crippen LogP contribution in [0.5, 0.6) is 0 Å². The van der Waals surface area contributed by atoms with Crippen LogP contribution in [0, 0.1) is 12.8 Å². The molecule has 1 aromatic heterocycles. The van der Waals surface area contributed by atoms with Crippen molar-refractivity contribution in [1.82, 2.24) is 9.62 Å². The minimum atomic E-state index is -3.41. The van der Waals surface area contributed by atoms with Gasteiger partial charge in [0.15, 0.2) is 0 Å². The van der Waals surface area contributed by atoms with E-state index >= 15 is 0 Å². The Labute approximate surface area is 129 Å². The number of nitrogens with zero attached hydrogens (tertiary/aromatic N) is 1. The number of likely N-dealkylation sites (tertiary alicyclic amines) is 1. The van der Waals surface area contributed by atoms with Crippen molar-refractivity contribution in [2.24, 2.45) is 5.92 Å². The topological polar surface area (TPSA) is 75.7 Å². The Morgan fingerprint density at radius 1 is 1.43 bits per heavy atom. The zero-order valence-corrected chi connectivity index (χ0v) is 13.8. The van der Waals surface area contributed by atoms with Crippen LogP contribution in [0.25, 0.3) is 0 Å². The van der Waals surface area contributed by atoms with Crippen LogP contribution in [-0.2, 0) is 14.8 Å². The van der Waals surface area contributed by atoms with Crippen molar-refractivity contribution >= 4 is 27.5 Å². The Kier molecular flexibility index (Phi) is 5.23. The molecule has 1 aromatic rings. The first-order valence-electron chi connectivity index (χ1n) is 6.81. The highest BCUT2D eigenvalue weighted by atomic mass is 32.2. The molecule has 2 heterocycles. The molecule has 1 N–H and O–H groups in total. The number of carbonyl (C=O) groups excluding carboxylic acids is 1. The van der Waals surface area contributed by atoms with E-state index in [0.29, 0.717) is 23.8 Å². The van der Waals surface area contributed by atoms with E-state index < -0.39 is 10.0 Å². The molecular weight excluding hydrogens is 312 g/mol. The van der Waals surface area contributed by atoms with E-state index in [-0.39, 0.29) is 12.0 Å². The fourth-order valence-corrected chi connectivity index (χ4v) is 4.75. The molecule has 6 nitrogen and oxygen atoms in total. The molecule has 118 valence electrons. The highest BCUT2D eigenvalue weighted by Gasteiger charge is 2.25. The lowest BCUT2D eigenvalue weighted by atomic mass is 9.97. The van der Waals surface area contributed by atoms with Gasteiger partial charge in [-0.05, 0) is 37.8 Å². The molecule has 8 heteroatoms. The lowest BCUT2D eigenvalue weighted by Gasteiger charge is -2.30. The fourth-order valence-electron chi connectivity index (χ4n) is 2.30. The maximum atomic E-state index is 12.1. The summed E-state index contributed by atoms with van der Waals surface area (Å²) in [5, 5.41) is 0. The van der Waals surface area contributed by atoms with Gasteiger partial charge in [-0.1, -0.05) is 0 Å². The molecule has 1 fully saturated rings. The first-order chi connectivity index (χ1) is 9.92. The van der Waals surface area contributed by atoms with Gasteiger partial charge in [-0.25, -0.2) is 17.9 Å². The molecule has 0 spiro atoms. The van der Waals surface area contributed by atoms with E-state index in [1.807, 2.05) is 6.92 Å². The largest absolute Gasteiger partial charge is 0.453 e. The van der Waals surface area contributed by atoms with E-state index in [4.69, 9.17) is 0 Å². The molecule has 21 heavy (non-hydrogen) atoms. The van der Waals surface area contributed by atoms with Crippen molar-refractivity contribution in [1.29, 1.82) is 0 Å². The number of carbonyl (C=O) groups is 1. The number of hydrogen-bond donors (Lipinski definition) is 1. The summed E-state index contributed by atoms with van der Waals surface area (Å²) in [5.74, 6) is 0.252. The van der Waals surface area contributed by atoms with Gasteiger partial charge in [0.1, 0.15) is 4.21 Å². The van der Waals surface area contributed by atoms with Gasteiger partial charge in [-0.2, -0.15) is 0 Å². The predicted octanol–water partition coefficient (Wildman–Crippen LogP) is 1.81. The van der Waals surface area contributed by atoms with E-state index in [0.717, 1.165) is 17.7 Å². The molecule has 0 saturated carbocycles. The van der Waals surface area contributed by atoms with E-state index in [2.05, 4.69) is 9.46 Å². The van der Waals surface area contributed by atoms with Crippen molar-refractivity contribution in [3.8, 4) is 0 Å². The summed E-state index contributed by atoms with van der Waals surface area (Å²) in [5.41, 5.74) is 0. The number of amides is 1. The number of nitrogens with one attached hydrogen (secondary N) is 1. The lowest BCUT2D eigenvalue weighted by molar-refractivity contribution is 0.106. The molecule has 1 aliphatic heterocycles. The molecule has 1 amide bonds. The molecule has 2 rings (SSSR count). The van der Waals surface area contributed by atoms with Crippen molar-refractivity contribution in [3.63, 3.8) is 0 Å². The van der Waals surface area contributed by atoms with Crippen molar-refractivity contribution < 1.29 is 17.9 Å². The van der Waals surface area contributed by atoms with Gasteiger partial charge in [-0.15, -0.1) is 11.3 Å². The van der Waals surface area contributed by atoms with Crippen LogP contribution >= 0.6 is 11.3 Å². The lowest BCUT2D eigenvalue weighted by Crippen LogP contribution is -2.41. The second-order valence-electron chi connectivity index (χ2n) is 5.12. The van der Waals surface area contributed by atoms with Gasteiger partial charge in [0, 0.05) is 24.5 Å². The van der Waals surface area contributed by atoms with Gasteiger partial charge in [0.05, 0.1) is 7.11 Å². The molecule has 0 aromatic carbocycles. The number of piperidine rings is 1. The zero-order chi connectivity index (χ0) is 15.5. The minimum absolute atomic E-state index is 0.252. The van der Waals surface area contributed by atoms with Gasteiger partial charge in [0.2, 0.25) is 10.0 Å². The van der Waals surface area contributed by atoms with Crippen molar-refractivity contribution in [2.45, 2.75) is 24.0 Å². The standard InChI is InChI=1S/C13H20N2O4S2/c1-10-3-4-12(20-10)21(17,18)14-9-11-5-7-15(8-6-11)13(16)19-2/h3-4,11,14H,5-9H2,1-2H3. The second kappa shape index (κ2) is 6.76. The number of sulfonamides is 1. The Balaban J connectivity index is 1.83. The first-order valence-corrected chi connectivity index (χ1v) is 9.11. The third-order valence-corrected chi connectivity index (χ3v) is 6.51. The molecule has 0 aliphatic carbocycles. The predicted molar refractivity (Wildman–Crippen MR) is 80.9 cm³/mol. The average Bonchev–Trinajstić information content (AvgIpc) is 2.92. The Hall–Kier alpha value is -1.12. The number of hydrogen-bond acceptors (Lipinski definition) is 5. The minimum Gasteiger partial charge on any atom is -0.453 e. The number of aryl methyl sites for hydroxylation is 1. The Morgan fingerprint density at radius 2 is 2.10 bits per heavy atom. The maximum Gasteiger partial charge on any atom is 0.409 e. The highest BCUT2D eigenvalue weighted by molar-refractivity contribution is 7.91. The van der Waals surface area contributed by atoms with Gasteiger partial charge < -0.3 is 9.64 Å². The third-order valence-electron chi connectivity index (χ3n) is 3.59. The number of methoxy groups -OCH3 is 1. The summed E-state index contributed by atoms with van der Waals surface area (Å²) in [6.07, 6.45) is 1.24. The van der Waals surface area contributed by atoms with Crippen LogP contribution in [0.1, 0.15) is 17.7 Å². The summed E-state index contributed by atoms with van der Waals surface area (Å²) >= 11 is 1.27. The Morgan fingerprint density at radius 3 is 2.62 bits per heavy atom. The van der Waals surface area contributed by atoms with Crippen LogP contribution in [0.2, 0.25) is 0 Å². The summed E-state index contributed by atoms with van der Waals surface area (Å²) < 4.78 is 31.9. The quantitative estimate of drug-likeness (QED) is 0.912. The van der Waals surface area contributed by atoms with Crippen LogP contribution in [0.15, 0.2) is 16.3 Å². The van der Waals surface area contributed by atoms with Gasteiger partial charge in [0.25, 0.3) is 0 Å². The zero-order valence-electron chi connectivity index (χ0n) is 12.2. The van der Waals surface area contributed by atoms with E-state index in [1.165, 1.54) is 18.4 Å². The number of thiophene rings is 1. The normalized spacial score (nSPS) is 17.0. The van der Waals surface area contributed by atoms with Crippen molar-refractivity contribution in [3.05, 3.63) is 17.0 Å². The van der Waals surface area contributed by atoms with Crippen LogP contribution in [0.4, 0.5) is 4.79 Å². The summed E-state index contributed by atoms with van der Waals surface area (Å²) in [4.78, 5) is 14.0. The molecule has 0 bridgehead atoms. The molecule has 1 aliphatic rings. The average molecular weight is 332 g/mol. The van der Waals surface area contributed by atoms with E-state index in [9.17, 15) is 13.2 Å². The fraction of sp³-hybridized carbons (Fsp3) is 0.615. The molecule has 0 unspecified atom stereocenters. The molecule has 0 radical (unpaired) electrons. The smallest absolute Gasteiger partial charge is 0.409 e. The summed E-state index contributed by atoms with van der Waals surface area (Å²) in [6, 6.07) is 3.43. The van der Waals surface area contributed by atoms with Crippen LogP contribution in [-0.4, -0.2) is 46.2 Å². The maximum absolute atomic E-state index is 12.1.